The van der Waals surface area contributed by atoms with Gasteiger partial charge in [-0.05, 0) is 36.8 Å². The van der Waals surface area contributed by atoms with Crippen molar-refractivity contribution in [3.63, 3.8) is 0 Å². The first-order chi connectivity index (χ1) is 11.2. The quantitative estimate of drug-likeness (QED) is 0.666. The van der Waals surface area contributed by atoms with Crippen LogP contribution in [0.5, 0.6) is 0 Å². The van der Waals surface area contributed by atoms with E-state index in [9.17, 15) is 15.3 Å². The molecule has 0 saturated heterocycles. The van der Waals surface area contributed by atoms with Gasteiger partial charge >= 0.3 is 0 Å². The van der Waals surface area contributed by atoms with E-state index in [1.165, 1.54) is 0 Å². The smallest absolute Gasteiger partial charge is 0.0886 e. The molecule has 0 aliphatic rings. The third-order valence-electron chi connectivity index (χ3n) is 4.55. The van der Waals surface area contributed by atoms with Gasteiger partial charge in [0.1, 0.15) is 0 Å². The van der Waals surface area contributed by atoms with Crippen LogP contribution in [0.4, 0.5) is 0 Å². The van der Waals surface area contributed by atoms with Crippen LogP contribution in [0.15, 0.2) is 60.7 Å². The normalized spacial score (nSPS) is 13.0. The first-order valence-electron chi connectivity index (χ1n) is 8.25. The Morgan fingerprint density at radius 3 is 1.70 bits per heavy atom. The lowest BCUT2D eigenvalue weighted by molar-refractivity contribution is 0.0566. The molecule has 0 aliphatic heterocycles. The summed E-state index contributed by atoms with van der Waals surface area (Å²) in [5, 5.41) is 29.8. The van der Waals surface area contributed by atoms with Gasteiger partial charge in [-0.15, -0.1) is 0 Å². The van der Waals surface area contributed by atoms with Gasteiger partial charge in [0.2, 0.25) is 0 Å². The Morgan fingerprint density at radius 1 is 0.739 bits per heavy atom. The summed E-state index contributed by atoms with van der Waals surface area (Å²) < 4.78 is 0. The van der Waals surface area contributed by atoms with E-state index in [1.807, 2.05) is 60.7 Å². The molecule has 23 heavy (non-hydrogen) atoms. The molecule has 0 radical (unpaired) electrons. The van der Waals surface area contributed by atoms with Crippen molar-refractivity contribution in [2.24, 2.45) is 0 Å². The van der Waals surface area contributed by atoms with Crippen molar-refractivity contribution in [2.75, 3.05) is 13.2 Å². The minimum atomic E-state index is -0.677. The molecule has 2 aromatic rings. The van der Waals surface area contributed by atoms with Crippen LogP contribution in [0.2, 0.25) is 0 Å². The molecule has 0 heterocycles. The van der Waals surface area contributed by atoms with E-state index in [1.54, 1.807) is 0 Å². The molecule has 0 fully saturated rings. The molecule has 3 heteroatoms. The molecule has 3 nitrogen and oxygen atoms in total. The fourth-order valence-corrected chi connectivity index (χ4v) is 3.36. The van der Waals surface area contributed by atoms with Crippen molar-refractivity contribution in [1.29, 1.82) is 0 Å². The van der Waals surface area contributed by atoms with E-state index >= 15 is 0 Å². The lowest BCUT2D eigenvalue weighted by Crippen LogP contribution is -2.34. The number of hydrogen-bond acceptors (Lipinski definition) is 3. The summed E-state index contributed by atoms with van der Waals surface area (Å²) in [7, 11) is 0. The maximum Gasteiger partial charge on any atom is 0.0886 e. The minimum absolute atomic E-state index is 0.0925. The van der Waals surface area contributed by atoms with Crippen molar-refractivity contribution in [3.05, 3.63) is 71.8 Å². The third kappa shape index (κ3) is 4.20. The fourth-order valence-electron chi connectivity index (χ4n) is 3.36. The molecule has 124 valence electrons. The van der Waals surface area contributed by atoms with Crippen molar-refractivity contribution >= 4 is 0 Å². The van der Waals surface area contributed by atoms with Gasteiger partial charge in [0, 0.05) is 18.6 Å². The third-order valence-corrected chi connectivity index (χ3v) is 4.55. The van der Waals surface area contributed by atoms with E-state index in [2.05, 4.69) is 0 Å². The number of hydrogen-bond donors (Lipinski definition) is 3. The van der Waals surface area contributed by atoms with Crippen LogP contribution in [-0.2, 0) is 5.41 Å². The SMILES string of the molecule is OCCCC(CCCO)(c1ccccc1)[C@@H](O)c1ccccc1. The zero-order valence-electron chi connectivity index (χ0n) is 13.4. The first-order valence-corrected chi connectivity index (χ1v) is 8.25. The monoisotopic (exact) mass is 314 g/mol. The van der Waals surface area contributed by atoms with Crippen molar-refractivity contribution in [1.82, 2.24) is 0 Å². The summed E-state index contributed by atoms with van der Waals surface area (Å²) in [4.78, 5) is 0. The van der Waals surface area contributed by atoms with E-state index in [0.717, 1.165) is 11.1 Å². The highest BCUT2D eigenvalue weighted by Gasteiger charge is 2.39. The molecule has 0 aromatic heterocycles. The number of benzene rings is 2. The summed E-state index contributed by atoms with van der Waals surface area (Å²) in [5.41, 5.74) is 1.42. The van der Waals surface area contributed by atoms with Gasteiger partial charge in [-0.3, -0.25) is 0 Å². The van der Waals surface area contributed by atoms with Gasteiger partial charge in [0.15, 0.2) is 0 Å². The molecular weight excluding hydrogens is 288 g/mol. The largest absolute Gasteiger partial charge is 0.396 e. The van der Waals surface area contributed by atoms with E-state index < -0.39 is 11.5 Å². The van der Waals surface area contributed by atoms with Crippen LogP contribution in [-0.4, -0.2) is 28.5 Å². The average molecular weight is 314 g/mol. The number of aliphatic hydroxyl groups excluding tert-OH is 3. The highest BCUT2D eigenvalue weighted by atomic mass is 16.3. The predicted octanol–water partition coefficient (Wildman–Crippen LogP) is 3.20. The Kier molecular flexibility index (Phi) is 6.78. The lowest BCUT2D eigenvalue weighted by atomic mass is 9.67. The Labute approximate surface area is 138 Å². The summed E-state index contributed by atoms with van der Waals surface area (Å²) in [5.74, 6) is 0. The van der Waals surface area contributed by atoms with Crippen molar-refractivity contribution < 1.29 is 15.3 Å². The second-order valence-electron chi connectivity index (χ2n) is 5.99. The van der Waals surface area contributed by atoms with E-state index in [4.69, 9.17) is 0 Å². The Balaban J connectivity index is 2.46. The maximum absolute atomic E-state index is 11.2. The topological polar surface area (TPSA) is 60.7 Å². The Morgan fingerprint density at radius 2 is 1.22 bits per heavy atom. The van der Waals surface area contributed by atoms with Crippen LogP contribution in [0.1, 0.15) is 42.9 Å². The average Bonchev–Trinajstić information content (AvgIpc) is 2.63. The highest BCUT2D eigenvalue weighted by Crippen LogP contribution is 2.44. The van der Waals surface area contributed by atoms with E-state index in [-0.39, 0.29) is 13.2 Å². The van der Waals surface area contributed by atoms with Gasteiger partial charge < -0.3 is 15.3 Å². The fraction of sp³-hybridized carbons (Fsp3) is 0.400. The standard InChI is InChI=1S/C20H26O3/c21-15-7-13-20(14-8-16-22,18-11-5-2-6-12-18)19(23)17-9-3-1-4-10-17/h1-6,9-12,19,21-23H,7-8,13-16H2/t19-/m0/s1. The summed E-state index contributed by atoms with van der Waals surface area (Å²) >= 11 is 0. The molecule has 0 unspecified atom stereocenters. The van der Waals surface area contributed by atoms with Crippen LogP contribution in [0, 0.1) is 0 Å². The maximum atomic E-state index is 11.2. The second-order valence-corrected chi connectivity index (χ2v) is 5.99. The summed E-state index contributed by atoms with van der Waals surface area (Å²) in [6, 6.07) is 19.6. The highest BCUT2D eigenvalue weighted by molar-refractivity contribution is 5.32. The number of aliphatic hydroxyl groups is 3. The second kappa shape index (κ2) is 8.82. The molecule has 0 aliphatic carbocycles. The Bertz CT molecular complexity index is 546. The van der Waals surface area contributed by atoms with Crippen LogP contribution < -0.4 is 0 Å². The Hall–Kier alpha value is -1.68. The zero-order valence-corrected chi connectivity index (χ0v) is 13.4. The van der Waals surface area contributed by atoms with Crippen LogP contribution in [0.25, 0.3) is 0 Å². The van der Waals surface area contributed by atoms with Gasteiger partial charge in [0.05, 0.1) is 6.10 Å². The van der Waals surface area contributed by atoms with Crippen LogP contribution >= 0.6 is 0 Å². The summed E-state index contributed by atoms with van der Waals surface area (Å²) in [6.45, 7) is 0.185. The molecule has 0 spiro atoms. The van der Waals surface area contributed by atoms with Gasteiger partial charge in [-0.1, -0.05) is 60.7 Å². The lowest BCUT2D eigenvalue weighted by Gasteiger charge is -2.39. The van der Waals surface area contributed by atoms with Crippen molar-refractivity contribution in [2.45, 2.75) is 37.2 Å². The van der Waals surface area contributed by atoms with Gasteiger partial charge in [-0.2, -0.15) is 0 Å². The molecule has 2 aromatic carbocycles. The molecule has 0 saturated carbocycles. The van der Waals surface area contributed by atoms with Gasteiger partial charge in [-0.25, -0.2) is 0 Å². The molecular formula is C20H26O3. The van der Waals surface area contributed by atoms with E-state index in [0.29, 0.717) is 25.7 Å². The minimum Gasteiger partial charge on any atom is -0.396 e. The predicted molar refractivity (Wildman–Crippen MR) is 92.2 cm³/mol. The first kappa shape index (κ1) is 17.7. The molecule has 3 N–H and O–H groups in total. The van der Waals surface area contributed by atoms with Crippen LogP contribution in [0.3, 0.4) is 0 Å². The molecule has 1 atom stereocenters. The number of rotatable bonds is 9. The molecule has 0 amide bonds. The molecule has 0 bridgehead atoms. The van der Waals surface area contributed by atoms with Crippen molar-refractivity contribution in [3.8, 4) is 0 Å². The zero-order chi connectivity index (χ0) is 16.5. The molecule has 2 rings (SSSR count). The van der Waals surface area contributed by atoms with Gasteiger partial charge in [0.25, 0.3) is 0 Å². The summed E-state index contributed by atoms with van der Waals surface area (Å²) in [6.07, 6.45) is 1.89.